The molecule has 3 heterocycles. The molecule has 1 fully saturated rings. The van der Waals surface area contributed by atoms with E-state index in [1.54, 1.807) is 11.6 Å². The molecule has 0 radical (unpaired) electrons. The molecule has 0 unspecified atom stereocenters. The van der Waals surface area contributed by atoms with Crippen molar-refractivity contribution in [3.05, 3.63) is 77.6 Å². The highest BCUT2D eigenvalue weighted by Gasteiger charge is 2.19. The second-order valence-electron chi connectivity index (χ2n) is 7.50. The van der Waals surface area contributed by atoms with Crippen LogP contribution >= 0.6 is 11.3 Å². The number of nitrogens with zero attached hydrogens (tertiary/aromatic N) is 5. The first kappa shape index (κ1) is 19.6. The maximum atomic E-state index is 12.7. The highest BCUT2D eigenvalue weighted by atomic mass is 32.1. The minimum Gasteiger partial charge on any atom is -0.354 e. The van der Waals surface area contributed by atoms with E-state index in [0.717, 1.165) is 48.8 Å². The Kier molecular flexibility index (Phi) is 5.56. The van der Waals surface area contributed by atoms with Gasteiger partial charge in [0.1, 0.15) is 18.0 Å². The number of benzene rings is 2. The summed E-state index contributed by atoms with van der Waals surface area (Å²) in [6.07, 6.45) is 1.51. The van der Waals surface area contributed by atoms with Crippen molar-refractivity contribution in [1.29, 1.82) is 0 Å². The first-order valence-electron chi connectivity index (χ1n) is 10.2. The Balaban J connectivity index is 1.21. The molecule has 31 heavy (non-hydrogen) atoms. The molecular formula is C23H22N6OS. The molecule has 8 heteroatoms. The zero-order valence-corrected chi connectivity index (χ0v) is 17.8. The topological polar surface area (TPSA) is 74.2 Å². The van der Waals surface area contributed by atoms with Crippen molar-refractivity contribution in [2.24, 2.45) is 0 Å². The van der Waals surface area contributed by atoms with Gasteiger partial charge in [-0.3, -0.25) is 9.69 Å². The summed E-state index contributed by atoms with van der Waals surface area (Å²) >= 11 is 1.52. The van der Waals surface area contributed by atoms with Crippen LogP contribution in [0.25, 0.3) is 10.2 Å². The Morgan fingerprint density at radius 3 is 2.65 bits per heavy atom. The minimum atomic E-state index is -0.187. The molecule has 156 valence electrons. The fraction of sp³-hybridized carbons (Fsp3) is 0.217. The molecule has 0 atom stereocenters. The van der Waals surface area contributed by atoms with Crippen molar-refractivity contribution in [2.45, 2.75) is 6.54 Å². The lowest BCUT2D eigenvalue weighted by atomic mass is 10.2. The second kappa shape index (κ2) is 8.79. The molecule has 0 bridgehead atoms. The molecule has 1 aliphatic rings. The number of anilines is 2. The summed E-state index contributed by atoms with van der Waals surface area (Å²) in [5, 5.41) is 2.89. The quantitative estimate of drug-likeness (QED) is 0.521. The molecular weight excluding hydrogens is 408 g/mol. The standard InChI is InChI=1S/C23H22N6OS/c30-23(18-6-7-19-20(12-18)31-16-26-19)27-21-13-22(25-15-24-21)29-10-8-28(9-11-29)14-17-4-2-1-3-5-17/h1-7,12-13,15-16H,8-11,14H2,(H,24,25,27,30). The van der Waals surface area contributed by atoms with Crippen LogP contribution < -0.4 is 10.2 Å². The maximum absolute atomic E-state index is 12.7. The van der Waals surface area contributed by atoms with E-state index in [-0.39, 0.29) is 5.91 Å². The van der Waals surface area contributed by atoms with Gasteiger partial charge in [-0.2, -0.15) is 0 Å². The van der Waals surface area contributed by atoms with Crippen LogP contribution in [0.4, 0.5) is 11.6 Å². The summed E-state index contributed by atoms with van der Waals surface area (Å²) < 4.78 is 0.990. The molecule has 1 aliphatic heterocycles. The molecule has 0 spiro atoms. The molecule has 0 saturated carbocycles. The number of hydrogen-bond donors (Lipinski definition) is 1. The van der Waals surface area contributed by atoms with Gasteiger partial charge in [-0.25, -0.2) is 15.0 Å². The van der Waals surface area contributed by atoms with Gasteiger partial charge in [0.25, 0.3) is 5.91 Å². The summed E-state index contributed by atoms with van der Waals surface area (Å²) in [5.41, 5.74) is 4.60. The van der Waals surface area contributed by atoms with Crippen LogP contribution in [-0.4, -0.2) is 51.9 Å². The molecule has 1 amide bonds. The van der Waals surface area contributed by atoms with E-state index in [0.29, 0.717) is 11.4 Å². The number of amides is 1. The molecule has 2 aromatic heterocycles. The van der Waals surface area contributed by atoms with Gasteiger partial charge in [0.05, 0.1) is 15.7 Å². The molecule has 2 aromatic carbocycles. The molecule has 1 saturated heterocycles. The summed E-state index contributed by atoms with van der Waals surface area (Å²) in [6.45, 7) is 4.67. The number of nitrogens with one attached hydrogen (secondary N) is 1. The average molecular weight is 431 g/mol. The largest absolute Gasteiger partial charge is 0.354 e. The summed E-state index contributed by atoms with van der Waals surface area (Å²) in [4.78, 5) is 30.3. The van der Waals surface area contributed by atoms with Crippen molar-refractivity contribution >= 4 is 39.1 Å². The first-order chi connectivity index (χ1) is 15.2. The van der Waals surface area contributed by atoms with E-state index < -0.39 is 0 Å². The Morgan fingerprint density at radius 1 is 0.968 bits per heavy atom. The third kappa shape index (κ3) is 4.55. The van der Waals surface area contributed by atoms with Crippen molar-refractivity contribution in [2.75, 3.05) is 36.4 Å². The number of piperazine rings is 1. The summed E-state index contributed by atoms with van der Waals surface area (Å²) in [6, 6.07) is 17.9. The van der Waals surface area contributed by atoms with Crippen molar-refractivity contribution in [3.8, 4) is 0 Å². The predicted octanol–water partition coefficient (Wildman–Crippen LogP) is 3.66. The Labute approximate surface area is 184 Å². The number of fused-ring (bicyclic) bond motifs is 1. The lowest BCUT2D eigenvalue weighted by molar-refractivity contribution is 0.102. The van der Waals surface area contributed by atoms with Crippen molar-refractivity contribution in [3.63, 3.8) is 0 Å². The van der Waals surface area contributed by atoms with E-state index in [1.165, 1.54) is 23.2 Å². The fourth-order valence-corrected chi connectivity index (χ4v) is 4.47. The van der Waals surface area contributed by atoms with Gasteiger partial charge in [-0.05, 0) is 23.8 Å². The van der Waals surface area contributed by atoms with Crippen LogP contribution in [0.5, 0.6) is 0 Å². The third-order valence-electron chi connectivity index (χ3n) is 5.43. The Bertz CT molecular complexity index is 1190. The average Bonchev–Trinajstić information content (AvgIpc) is 3.28. The highest BCUT2D eigenvalue weighted by molar-refractivity contribution is 7.16. The van der Waals surface area contributed by atoms with E-state index in [4.69, 9.17) is 0 Å². The molecule has 5 rings (SSSR count). The van der Waals surface area contributed by atoms with Gasteiger partial charge in [-0.15, -0.1) is 11.3 Å². The second-order valence-corrected chi connectivity index (χ2v) is 8.39. The van der Waals surface area contributed by atoms with Crippen LogP contribution in [-0.2, 0) is 6.54 Å². The van der Waals surface area contributed by atoms with E-state index in [2.05, 4.69) is 54.3 Å². The van der Waals surface area contributed by atoms with Gasteiger partial charge in [0, 0.05) is 44.4 Å². The third-order valence-corrected chi connectivity index (χ3v) is 6.22. The van der Waals surface area contributed by atoms with Gasteiger partial charge in [0.15, 0.2) is 0 Å². The van der Waals surface area contributed by atoms with Crippen LogP contribution in [0.1, 0.15) is 15.9 Å². The number of carbonyl (C=O) groups is 1. The number of carbonyl (C=O) groups excluding carboxylic acids is 1. The number of thiazole rings is 1. The maximum Gasteiger partial charge on any atom is 0.256 e. The zero-order chi connectivity index (χ0) is 21.0. The van der Waals surface area contributed by atoms with Crippen molar-refractivity contribution in [1.82, 2.24) is 19.9 Å². The smallest absolute Gasteiger partial charge is 0.256 e. The van der Waals surface area contributed by atoms with Crippen LogP contribution in [0, 0.1) is 0 Å². The molecule has 0 aliphatic carbocycles. The normalized spacial score (nSPS) is 14.6. The summed E-state index contributed by atoms with van der Waals surface area (Å²) in [5.74, 6) is 1.15. The molecule has 1 N–H and O–H groups in total. The Morgan fingerprint density at radius 2 is 1.81 bits per heavy atom. The van der Waals surface area contributed by atoms with Gasteiger partial charge in [-0.1, -0.05) is 30.3 Å². The zero-order valence-electron chi connectivity index (χ0n) is 16.9. The van der Waals surface area contributed by atoms with Gasteiger partial charge >= 0.3 is 0 Å². The fourth-order valence-electron chi connectivity index (χ4n) is 3.75. The van der Waals surface area contributed by atoms with Crippen LogP contribution in [0.3, 0.4) is 0 Å². The monoisotopic (exact) mass is 430 g/mol. The molecule has 7 nitrogen and oxygen atoms in total. The number of aromatic nitrogens is 3. The Hall–Kier alpha value is -3.36. The molecule has 4 aromatic rings. The highest BCUT2D eigenvalue weighted by Crippen LogP contribution is 2.21. The summed E-state index contributed by atoms with van der Waals surface area (Å²) in [7, 11) is 0. The van der Waals surface area contributed by atoms with Gasteiger partial charge < -0.3 is 10.2 Å². The van der Waals surface area contributed by atoms with Crippen molar-refractivity contribution < 1.29 is 4.79 Å². The van der Waals surface area contributed by atoms with Gasteiger partial charge in [0.2, 0.25) is 0 Å². The predicted molar refractivity (Wildman–Crippen MR) is 124 cm³/mol. The van der Waals surface area contributed by atoms with E-state index in [1.807, 2.05) is 24.3 Å². The number of rotatable bonds is 5. The van der Waals surface area contributed by atoms with E-state index in [9.17, 15) is 4.79 Å². The lowest BCUT2D eigenvalue weighted by Crippen LogP contribution is -2.46. The minimum absolute atomic E-state index is 0.187. The number of hydrogen-bond acceptors (Lipinski definition) is 7. The van der Waals surface area contributed by atoms with Crippen LogP contribution in [0.15, 0.2) is 66.4 Å². The first-order valence-corrected chi connectivity index (χ1v) is 11.1. The van der Waals surface area contributed by atoms with Crippen LogP contribution in [0.2, 0.25) is 0 Å². The lowest BCUT2D eigenvalue weighted by Gasteiger charge is -2.35. The van der Waals surface area contributed by atoms with E-state index >= 15 is 0 Å². The SMILES string of the molecule is O=C(Nc1cc(N2CCN(Cc3ccccc3)CC2)ncn1)c1ccc2ncsc2c1.